The number of Topliss-reactive ketones (excluding diaryl/α,β-unsaturated/α-hetero) is 1. The van der Waals surface area contributed by atoms with Crippen LogP contribution in [0.5, 0.6) is 0 Å². The summed E-state index contributed by atoms with van der Waals surface area (Å²) in [6.45, 7) is 5.55. The average Bonchev–Trinajstić information content (AvgIpc) is 3.30. The van der Waals surface area contributed by atoms with Gasteiger partial charge in [0.1, 0.15) is 5.60 Å². The molecule has 2 amide bonds. The van der Waals surface area contributed by atoms with Crippen LogP contribution in [0.1, 0.15) is 85.0 Å². The summed E-state index contributed by atoms with van der Waals surface area (Å²) < 4.78 is 0. The topological polar surface area (TPSA) is 123 Å². The highest BCUT2D eigenvalue weighted by atomic mass is 16.7. The Kier molecular flexibility index (Phi) is 6.13. The largest absolute Gasteiger partial charge is 0.383 e. The van der Waals surface area contributed by atoms with Gasteiger partial charge in [0.25, 0.3) is 11.8 Å². The quantitative estimate of drug-likeness (QED) is 0.454. The Balaban J connectivity index is 1.24. The van der Waals surface area contributed by atoms with Crippen LogP contribution >= 0.6 is 0 Å². The second-order valence-electron chi connectivity index (χ2n) is 11.8. The normalized spacial score (nSPS) is 40.9. The van der Waals surface area contributed by atoms with Gasteiger partial charge in [-0.2, -0.15) is 0 Å². The fourth-order valence-corrected chi connectivity index (χ4v) is 8.19. The van der Waals surface area contributed by atoms with E-state index >= 15 is 0 Å². The number of nitrogens with zero attached hydrogens (tertiary/aromatic N) is 2. The van der Waals surface area contributed by atoms with E-state index in [9.17, 15) is 24.3 Å². The number of ketones is 1. The van der Waals surface area contributed by atoms with Gasteiger partial charge in [-0.15, -0.1) is 5.06 Å². The number of imide groups is 1. The van der Waals surface area contributed by atoms with E-state index in [1.165, 1.54) is 12.5 Å². The lowest BCUT2D eigenvalue weighted by atomic mass is 9.46. The predicted octanol–water partition coefficient (Wildman–Crippen LogP) is 3.25. The first-order valence-electron chi connectivity index (χ1n) is 13.2. The molecule has 0 bridgehead atoms. The molecule has 3 saturated carbocycles. The van der Waals surface area contributed by atoms with Crippen molar-refractivity contribution in [2.45, 2.75) is 90.6 Å². The lowest BCUT2D eigenvalue weighted by Crippen LogP contribution is -2.57. The second-order valence-corrected chi connectivity index (χ2v) is 11.8. The Bertz CT molecular complexity index is 1050. The molecule has 4 aliphatic carbocycles. The minimum Gasteiger partial charge on any atom is -0.383 e. The van der Waals surface area contributed by atoms with Crippen molar-refractivity contribution in [1.82, 2.24) is 5.06 Å². The van der Waals surface area contributed by atoms with Crippen molar-refractivity contribution < 1.29 is 34.0 Å². The van der Waals surface area contributed by atoms with Crippen LogP contribution in [0.3, 0.4) is 0 Å². The van der Waals surface area contributed by atoms with Crippen LogP contribution in [0.4, 0.5) is 0 Å². The zero-order chi connectivity index (χ0) is 25.9. The standard InChI is InChI=1S/C27H36N2O7/c1-16(30)27(34)13-10-21-19-5-4-17-14-18(8-11-25(17,2)20(19)9-12-26(21,27)3)28-35-15-24(33)36-29-22(31)6-7-23(29)32/h14,19-21,34H,4-13,15H2,1-3H3/b28-18-/t19-,20-,21+,25-,26-,27-/m0/s1. The monoisotopic (exact) mass is 500 g/mol. The fourth-order valence-electron chi connectivity index (χ4n) is 8.19. The van der Waals surface area contributed by atoms with Crippen LogP contribution in [-0.4, -0.2) is 51.7 Å². The summed E-state index contributed by atoms with van der Waals surface area (Å²) in [6, 6.07) is 0. The number of hydrogen-bond acceptors (Lipinski definition) is 8. The van der Waals surface area contributed by atoms with Crippen LogP contribution in [0.15, 0.2) is 16.8 Å². The van der Waals surface area contributed by atoms with Crippen LogP contribution < -0.4 is 0 Å². The Hall–Kier alpha value is -2.55. The summed E-state index contributed by atoms with van der Waals surface area (Å²) >= 11 is 0. The van der Waals surface area contributed by atoms with Crippen molar-refractivity contribution in [2.24, 2.45) is 33.7 Å². The third-order valence-electron chi connectivity index (χ3n) is 10.3. The van der Waals surface area contributed by atoms with Gasteiger partial charge in [-0.05, 0) is 87.5 Å². The Labute approximate surface area is 211 Å². The molecule has 0 radical (unpaired) electrons. The number of carbonyl (C=O) groups is 4. The van der Waals surface area contributed by atoms with E-state index in [-0.39, 0.29) is 29.5 Å². The molecule has 5 aliphatic rings. The van der Waals surface area contributed by atoms with Crippen molar-refractivity contribution in [3.8, 4) is 0 Å². The molecule has 0 aromatic carbocycles. The van der Waals surface area contributed by atoms with Crippen molar-refractivity contribution in [2.75, 3.05) is 6.61 Å². The molecule has 4 fully saturated rings. The molecule has 1 heterocycles. The van der Waals surface area contributed by atoms with Gasteiger partial charge in [0.05, 0.1) is 5.71 Å². The molecule has 6 atom stereocenters. The lowest BCUT2D eigenvalue weighted by molar-refractivity contribution is -0.200. The summed E-state index contributed by atoms with van der Waals surface area (Å²) in [6.07, 6.45) is 9.19. The van der Waals surface area contributed by atoms with Gasteiger partial charge in [0.15, 0.2) is 5.78 Å². The predicted molar refractivity (Wildman–Crippen MR) is 128 cm³/mol. The SMILES string of the molecule is CC(=O)[C@@]1(O)CC[C@@H]2[C@H]3CCC4=C/C(=N\OCC(=O)ON5C(=O)CCC5=O)CC[C@]4(C)[C@H]3CC[C@@]21C. The van der Waals surface area contributed by atoms with Gasteiger partial charge in [-0.25, -0.2) is 4.79 Å². The molecule has 0 aromatic rings. The highest BCUT2D eigenvalue weighted by molar-refractivity contribution is 6.01. The molecule has 9 heteroatoms. The number of oxime groups is 1. The number of allylic oxidation sites excluding steroid dienone is 2. The number of hydroxylamine groups is 2. The maximum absolute atomic E-state index is 12.4. The number of amides is 2. The van der Waals surface area contributed by atoms with Crippen molar-refractivity contribution >= 4 is 29.3 Å². The molecule has 0 spiro atoms. The van der Waals surface area contributed by atoms with Crippen molar-refractivity contribution in [3.63, 3.8) is 0 Å². The van der Waals surface area contributed by atoms with E-state index in [0.717, 1.165) is 50.7 Å². The number of hydrogen-bond donors (Lipinski definition) is 1. The molecule has 1 aliphatic heterocycles. The Morgan fingerprint density at radius 3 is 2.42 bits per heavy atom. The van der Waals surface area contributed by atoms with Gasteiger partial charge in [-0.3, -0.25) is 14.4 Å². The van der Waals surface area contributed by atoms with E-state index < -0.39 is 30.0 Å². The maximum Gasteiger partial charge on any atom is 0.373 e. The Morgan fingerprint density at radius 2 is 1.72 bits per heavy atom. The van der Waals surface area contributed by atoms with Gasteiger partial charge in [0, 0.05) is 18.3 Å². The van der Waals surface area contributed by atoms with Crippen LogP contribution in [0.25, 0.3) is 0 Å². The number of aliphatic hydroxyl groups is 1. The number of fused-ring (bicyclic) bond motifs is 5. The summed E-state index contributed by atoms with van der Waals surface area (Å²) in [5, 5.41) is 16.0. The molecular weight excluding hydrogens is 464 g/mol. The lowest BCUT2D eigenvalue weighted by Gasteiger charge is -2.59. The molecule has 1 N–H and O–H groups in total. The third kappa shape index (κ3) is 3.73. The van der Waals surface area contributed by atoms with Crippen molar-refractivity contribution in [3.05, 3.63) is 11.6 Å². The Morgan fingerprint density at radius 1 is 1.03 bits per heavy atom. The average molecular weight is 501 g/mol. The molecule has 36 heavy (non-hydrogen) atoms. The summed E-state index contributed by atoms with van der Waals surface area (Å²) in [5.74, 6) is -0.616. The minimum atomic E-state index is -1.19. The van der Waals surface area contributed by atoms with E-state index in [1.807, 2.05) is 0 Å². The first kappa shape index (κ1) is 25.1. The van der Waals surface area contributed by atoms with Crippen LogP contribution in [0, 0.1) is 28.6 Å². The smallest absolute Gasteiger partial charge is 0.373 e. The summed E-state index contributed by atoms with van der Waals surface area (Å²) in [4.78, 5) is 57.5. The van der Waals surface area contributed by atoms with Crippen molar-refractivity contribution in [1.29, 1.82) is 0 Å². The highest BCUT2D eigenvalue weighted by Gasteiger charge is 2.65. The third-order valence-corrected chi connectivity index (χ3v) is 10.3. The zero-order valence-electron chi connectivity index (χ0n) is 21.4. The highest BCUT2D eigenvalue weighted by Crippen LogP contribution is 2.67. The molecule has 0 unspecified atom stereocenters. The fraction of sp³-hybridized carbons (Fsp3) is 0.741. The molecule has 5 rings (SSSR count). The van der Waals surface area contributed by atoms with Gasteiger partial charge in [0.2, 0.25) is 6.61 Å². The van der Waals surface area contributed by atoms with E-state index in [2.05, 4.69) is 25.1 Å². The second kappa shape index (κ2) is 8.78. The van der Waals surface area contributed by atoms with Gasteiger partial charge in [-0.1, -0.05) is 24.6 Å². The molecule has 0 aromatic heterocycles. The molecule has 196 valence electrons. The number of carbonyl (C=O) groups excluding carboxylic acids is 4. The van der Waals surface area contributed by atoms with E-state index in [1.54, 1.807) is 0 Å². The molecular formula is C27H36N2O7. The summed E-state index contributed by atoms with van der Waals surface area (Å²) in [5.41, 5.74) is 0.646. The minimum absolute atomic E-state index is 0.0427. The van der Waals surface area contributed by atoms with E-state index in [0.29, 0.717) is 29.2 Å². The maximum atomic E-state index is 12.4. The summed E-state index contributed by atoms with van der Waals surface area (Å²) in [7, 11) is 0. The first-order chi connectivity index (χ1) is 17.0. The van der Waals surface area contributed by atoms with Crippen LogP contribution in [-0.2, 0) is 28.9 Å². The van der Waals surface area contributed by atoms with Crippen LogP contribution in [0.2, 0.25) is 0 Å². The first-order valence-corrected chi connectivity index (χ1v) is 13.2. The van der Waals surface area contributed by atoms with Gasteiger partial charge < -0.3 is 14.8 Å². The number of rotatable bonds is 5. The van der Waals surface area contributed by atoms with Gasteiger partial charge >= 0.3 is 5.97 Å². The molecule has 9 nitrogen and oxygen atoms in total. The molecule has 1 saturated heterocycles. The zero-order valence-corrected chi connectivity index (χ0v) is 21.4. The van der Waals surface area contributed by atoms with E-state index in [4.69, 9.17) is 9.68 Å².